The van der Waals surface area contributed by atoms with Crippen LogP contribution in [-0.4, -0.2) is 54.3 Å². The lowest BCUT2D eigenvalue weighted by molar-refractivity contribution is -0.132. The molecule has 0 bridgehead atoms. The lowest BCUT2D eigenvalue weighted by atomic mass is 10.1. The fourth-order valence-corrected chi connectivity index (χ4v) is 2.25. The Morgan fingerprint density at radius 1 is 1.10 bits per heavy atom. The van der Waals surface area contributed by atoms with Gasteiger partial charge in [0.15, 0.2) is 0 Å². The molecule has 2 N–H and O–H groups in total. The lowest BCUT2D eigenvalue weighted by Crippen LogP contribution is -2.51. The average Bonchev–Trinajstić information content (AvgIpc) is 2.47. The Morgan fingerprint density at radius 2 is 1.70 bits per heavy atom. The monoisotopic (exact) mass is 279 g/mol. The van der Waals surface area contributed by atoms with E-state index in [0.29, 0.717) is 39.1 Å². The third-order valence-electron chi connectivity index (χ3n) is 3.38. The molecule has 0 unspecified atom stereocenters. The van der Waals surface area contributed by atoms with E-state index in [-0.39, 0.29) is 17.4 Å². The summed E-state index contributed by atoms with van der Waals surface area (Å²) in [5, 5.41) is 0. The first-order valence-electron chi connectivity index (χ1n) is 6.65. The summed E-state index contributed by atoms with van der Waals surface area (Å²) >= 11 is 0. The van der Waals surface area contributed by atoms with Gasteiger partial charge in [-0.3, -0.25) is 9.59 Å². The minimum absolute atomic E-state index is 0.00508. The van der Waals surface area contributed by atoms with E-state index in [1.165, 1.54) is 12.1 Å². The quantitative estimate of drug-likeness (QED) is 0.874. The molecule has 0 saturated carbocycles. The zero-order chi connectivity index (χ0) is 14.5. The van der Waals surface area contributed by atoms with E-state index >= 15 is 0 Å². The Morgan fingerprint density at radius 3 is 2.30 bits per heavy atom. The van der Waals surface area contributed by atoms with E-state index in [9.17, 15) is 14.0 Å². The van der Waals surface area contributed by atoms with E-state index in [1.54, 1.807) is 21.9 Å². The summed E-state index contributed by atoms with van der Waals surface area (Å²) in [7, 11) is 0. The van der Waals surface area contributed by atoms with Crippen LogP contribution in [0.15, 0.2) is 24.3 Å². The van der Waals surface area contributed by atoms with Crippen molar-refractivity contribution in [2.24, 2.45) is 5.73 Å². The van der Waals surface area contributed by atoms with Crippen molar-refractivity contribution < 1.29 is 14.0 Å². The van der Waals surface area contributed by atoms with Crippen LogP contribution in [0.3, 0.4) is 0 Å². The first kappa shape index (κ1) is 14.5. The summed E-state index contributed by atoms with van der Waals surface area (Å²) in [5.74, 6) is -0.835. The van der Waals surface area contributed by atoms with Crippen LogP contribution in [-0.2, 0) is 4.79 Å². The third-order valence-corrected chi connectivity index (χ3v) is 3.38. The van der Waals surface area contributed by atoms with Gasteiger partial charge in [0.05, 0.1) is 5.56 Å². The summed E-state index contributed by atoms with van der Waals surface area (Å²) in [5.41, 5.74) is 5.43. The van der Waals surface area contributed by atoms with Gasteiger partial charge in [-0.1, -0.05) is 12.1 Å². The van der Waals surface area contributed by atoms with Crippen LogP contribution in [0.4, 0.5) is 4.39 Å². The van der Waals surface area contributed by atoms with Crippen LogP contribution in [0, 0.1) is 5.82 Å². The zero-order valence-corrected chi connectivity index (χ0v) is 11.2. The molecule has 0 radical (unpaired) electrons. The standard InChI is InChI=1S/C14H18FN3O2/c15-12-4-2-1-3-11(12)14(20)18-9-7-17(8-10-18)13(19)5-6-16/h1-4H,5-10,16H2. The number of nitrogens with two attached hydrogens (primary N) is 1. The molecule has 5 nitrogen and oxygen atoms in total. The zero-order valence-electron chi connectivity index (χ0n) is 11.2. The Hall–Kier alpha value is -1.95. The molecule has 1 aromatic carbocycles. The molecule has 2 amide bonds. The molecule has 0 aromatic heterocycles. The minimum Gasteiger partial charge on any atom is -0.339 e. The van der Waals surface area contributed by atoms with Gasteiger partial charge < -0.3 is 15.5 Å². The fourth-order valence-electron chi connectivity index (χ4n) is 2.25. The van der Waals surface area contributed by atoms with Crippen molar-refractivity contribution in [3.63, 3.8) is 0 Å². The number of amides is 2. The number of hydrogen-bond donors (Lipinski definition) is 1. The van der Waals surface area contributed by atoms with Crippen LogP contribution in [0.2, 0.25) is 0 Å². The topological polar surface area (TPSA) is 66.6 Å². The van der Waals surface area contributed by atoms with E-state index in [2.05, 4.69) is 0 Å². The van der Waals surface area contributed by atoms with Crippen molar-refractivity contribution in [2.45, 2.75) is 6.42 Å². The molecule has 1 aliphatic rings. The largest absolute Gasteiger partial charge is 0.339 e. The summed E-state index contributed by atoms with van der Waals surface area (Å²) in [6.07, 6.45) is 0.321. The van der Waals surface area contributed by atoms with Crippen LogP contribution >= 0.6 is 0 Å². The second-order valence-corrected chi connectivity index (χ2v) is 4.69. The molecule has 0 atom stereocenters. The van der Waals surface area contributed by atoms with Gasteiger partial charge in [0, 0.05) is 39.1 Å². The minimum atomic E-state index is -0.515. The molecule has 108 valence electrons. The van der Waals surface area contributed by atoms with E-state index in [1.807, 2.05) is 0 Å². The molecule has 1 saturated heterocycles. The number of halogens is 1. The third kappa shape index (κ3) is 3.14. The van der Waals surface area contributed by atoms with Crippen LogP contribution in [0.1, 0.15) is 16.8 Å². The average molecular weight is 279 g/mol. The maximum atomic E-state index is 13.6. The number of carbonyl (C=O) groups excluding carboxylic acids is 2. The fraction of sp³-hybridized carbons (Fsp3) is 0.429. The SMILES string of the molecule is NCCC(=O)N1CCN(C(=O)c2ccccc2F)CC1. The maximum Gasteiger partial charge on any atom is 0.256 e. The number of hydrogen-bond acceptors (Lipinski definition) is 3. The van der Waals surface area contributed by atoms with Crippen molar-refractivity contribution in [1.29, 1.82) is 0 Å². The molecular weight excluding hydrogens is 261 g/mol. The predicted molar refractivity (Wildman–Crippen MR) is 72.6 cm³/mol. The van der Waals surface area contributed by atoms with Gasteiger partial charge in [-0.25, -0.2) is 4.39 Å². The molecule has 1 fully saturated rings. The molecule has 1 heterocycles. The lowest BCUT2D eigenvalue weighted by Gasteiger charge is -2.34. The van der Waals surface area contributed by atoms with Gasteiger partial charge in [-0.2, -0.15) is 0 Å². The van der Waals surface area contributed by atoms with E-state index < -0.39 is 5.82 Å². The normalized spacial score (nSPS) is 15.3. The molecular formula is C14H18FN3O2. The number of piperazine rings is 1. The summed E-state index contributed by atoms with van der Waals surface area (Å²) in [6.45, 7) is 2.11. The van der Waals surface area contributed by atoms with Gasteiger partial charge >= 0.3 is 0 Å². The highest BCUT2D eigenvalue weighted by atomic mass is 19.1. The predicted octanol–water partition coefficient (Wildman–Crippen LogP) is 0.459. The van der Waals surface area contributed by atoms with Crippen molar-refractivity contribution in [1.82, 2.24) is 9.80 Å². The van der Waals surface area contributed by atoms with Gasteiger partial charge in [-0.05, 0) is 12.1 Å². The molecule has 2 rings (SSSR count). The summed E-state index contributed by atoms with van der Waals surface area (Å²) in [4.78, 5) is 27.1. The van der Waals surface area contributed by atoms with Crippen molar-refractivity contribution >= 4 is 11.8 Å². The maximum absolute atomic E-state index is 13.6. The second-order valence-electron chi connectivity index (χ2n) is 4.69. The van der Waals surface area contributed by atoms with E-state index in [0.717, 1.165) is 0 Å². The van der Waals surface area contributed by atoms with Gasteiger partial charge in [0.25, 0.3) is 5.91 Å². The first-order valence-corrected chi connectivity index (χ1v) is 6.65. The first-order chi connectivity index (χ1) is 9.63. The van der Waals surface area contributed by atoms with Crippen molar-refractivity contribution in [3.05, 3.63) is 35.6 Å². The smallest absolute Gasteiger partial charge is 0.256 e. The van der Waals surface area contributed by atoms with Crippen LogP contribution in [0.25, 0.3) is 0 Å². The number of benzene rings is 1. The van der Waals surface area contributed by atoms with E-state index in [4.69, 9.17) is 5.73 Å². The summed E-state index contributed by atoms with van der Waals surface area (Å²) < 4.78 is 13.6. The van der Waals surface area contributed by atoms with Crippen molar-refractivity contribution in [3.8, 4) is 0 Å². The Bertz CT molecular complexity index is 499. The molecule has 0 spiro atoms. The molecule has 20 heavy (non-hydrogen) atoms. The molecule has 1 aliphatic heterocycles. The Kier molecular flexibility index (Phi) is 4.68. The van der Waals surface area contributed by atoms with Gasteiger partial charge in [0.2, 0.25) is 5.91 Å². The highest BCUT2D eigenvalue weighted by Crippen LogP contribution is 2.12. The Labute approximate surface area is 117 Å². The number of carbonyl (C=O) groups is 2. The number of rotatable bonds is 3. The van der Waals surface area contributed by atoms with Gasteiger partial charge in [0.1, 0.15) is 5.82 Å². The molecule has 6 heteroatoms. The second kappa shape index (κ2) is 6.47. The Balaban J connectivity index is 1.96. The van der Waals surface area contributed by atoms with Crippen molar-refractivity contribution in [2.75, 3.05) is 32.7 Å². The number of nitrogens with zero attached hydrogens (tertiary/aromatic N) is 2. The molecule has 0 aliphatic carbocycles. The van der Waals surface area contributed by atoms with Crippen LogP contribution < -0.4 is 5.73 Å². The highest BCUT2D eigenvalue weighted by molar-refractivity contribution is 5.94. The van der Waals surface area contributed by atoms with Gasteiger partial charge in [-0.15, -0.1) is 0 Å². The highest BCUT2D eigenvalue weighted by Gasteiger charge is 2.25. The molecule has 1 aromatic rings. The summed E-state index contributed by atoms with van der Waals surface area (Å²) in [6, 6.07) is 5.94. The van der Waals surface area contributed by atoms with Crippen LogP contribution in [0.5, 0.6) is 0 Å².